The smallest absolute Gasteiger partial charge is 0.359 e. The van der Waals surface area contributed by atoms with E-state index in [4.69, 9.17) is 4.74 Å². The molecule has 0 amide bonds. The molecule has 0 spiro atoms. The summed E-state index contributed by atoms with van der Waals surface area (Å²) in [4.78, 5) is 25.0. The summed E-state index contributed by atoms with van der Waals surface area (Å²) in [6.45, 7) is 3.86. The highest BCUT2D eigenvalue weighted by molar-refractivity contribution is 6.02. The number of rotatable bonds is 4. The summed E-state index contributed by atoms with van der Waals surface area (Å²) in [6, 6.07) is 16.2. The molecule has 0 aliphatic rings. The molecule has 0 fully saturated rings. The first kappa shape index (κ1) is 15.9. The van der Waals surface area contributed by atoms with Gasteiger partial charge in [-0.2, -0.15) is 5.10 Å². The van der Waals surface area contributed by atoms with Crippen LogP contribution in [0.1, 0.15) is 35.9 Å². The lowest BCUT2D eigenvalue weighted by Crippen LogP contribution is -2.27. The normalized spacial score (nSPS) is 11.0. The number of hydrogen-bond donors (Lipinski definition) is 0. The van der Waals surface area contributed by atoms with Crippen LogP contribution < -0.4 is 5.56 Å². The van der Waals surface area contributed by atoms with E-state index in [2.05, 4.69) is 5.10 Å². The van der Waals surface area contributed by atoms with Gasteiger partial charge in [-0.3, -0.25) is 4.79 Å². The predicted molar refractivity (Wildman–Crippen MR) is 91.9 cm³/mol. The Hall–Kier alpha value is -2.95. The van der Waals surface area contributed by atoms with E-state index in [1.165, 1.54) is 4.68 Å². The minimum absolute atomic E-state index is 0.150. The Kier molecular flexibility index (Phi) is 4.42. The number of hydrogen-bond acceptors (Lipinski definition) is 4. The van der Waals surface area contributed by atoms with E-state index < -0.39 is 5.97 Å². The van der Waals surface area contributed by atoms with Crippen LogP contribution in [0.5, 0.6) is 0 Å². The number of carbonyl (C=O) groups is 1. The molecule has 0 radical (unpaired) electrons. The zero-order valence-corrected chi connectivity index (χ0v) is 13.6. The van der Waals surface area contributed by atoms with Crippen LogP contribution in [0.4, 0.5) is 0 Å². The number of carbonyl (C=O) groups excluding carboxylic acids is 1. The van der Waals surface area contributed by atoms with Gasteiger partial charge in [0.25, 0.3) is 5.56 Å². The predicted octanol–water partition coefficient (Wildman–Crippen LogP) is 3.33. The highest BCUT2D eigenvalue weighted by Crippen LogP contribution is 2.16. The second-order valence-corrected chi connectivity index (χ2v) is 5.80. The molecular formula is C19H18N2O3. The van der Waals surface area contributed by atoms with Crippen molar-refractivity contribution in [2.24, 2.45) is 0 Å². The minimum atomic E-state index is -0.538. The fraction of sp³-hybridized carbons (Fsp3) is 0.211. The first-order valence-electron chi connectivity index (χ1n) is 7.80. The monoisotopic (exact) mass is 322 g/mol. The van der Waals surface area contributed by atoms with Crippen molar-refractivity contribution in [1.82, 2.24) is 9.78 Å². The van der Waals surface area contributed by atoms with Crippen molar-refractivity contribution in [3.05, 3.63) is 76.2 Å². The third-order valence-electron chi connectivity index (χ3n) is 3.72. The lowest BCUT2D eigenvalue weighted by molar-refractivity contribution is 0.0465. The van der Waals surface area contributed by atoms with Crippen LogP contribution in [-0.4, -0.2) is 15.7 Å². The molecule has 1 aromatic heterocycles. The van der Waals surface area contributed by atoms with E-state index >= 15 is 0 Å². The summed E-state index contributed by atoms with van der Waals surface area (Å²) < 4.78 is 6.70. The molecule has 5 nitrogen and oxygen atoms in total. The van der Waals surface area contributed by atoms with E-state index in [1.807, 2.05) is 44.2 Å². The molecule has 0 aliphatic heterocycles. The maximum atomic E-state index is 12.5. The zero-order chi connectivity index (χ0) is 17.1. The number of ether oxygens (including phenoxy) is 1. The van der Waals surface area contributed by atoms with Crippen LogP contribution in [0.25, 0.3) is 10.8 Å². The third kappa shape index (κ3) is 3.06. The Morgan fingerprint density at radius 1 is 1.04 bits per heavy atom. The molecule has 1 heterocycles. The zero-order valence-electron chi connectivity index (χ0n) is 13.6. The summed E-state index contributed by atoms with van der Waals surface area (Å²) in [5.41, 5.74) is 0.849. The quantitative estimate of drug-likeness (QED) is 0.691. The van der Waals surface area contributed by atoms with Crippen molar-refractivity contribution in [2.45, 2.75) is 26.5 Å². The van der Waals surface area contributed by atoms with Crippen molar-refractivity contribution < 1.29 is 9.53 Å². The number of nitrogens with zero attached hydrogens (tertiary/aromatic N) is 2. The number of aromatic nitrogens is 2. The SMILES string of the molecule is CC(C)n1nc(C(=O)OCc2ccccc2)c2ccccc2c1=O. The van der Waals surface area contributed by atoms with Crippen LogP contribution in [0, 0.1) is 0 Å². The van der Waals surface area contributed by atoms with Gasteiger partial charge in [-0.25, -0.2) is 9.48 Å². The van der Waals surface area contributed by atoms with Gasteiger partial charge in [0.05, 0.1) is 11.4 Å². The molecule has 3 rings (SSSR count). The molecule has 24 heavy (non-hydrogen) atoms. The van der Waals surface area contributed by atoms with Crippen molar-refractivity contribution in [2.75, 3.05) is 0 Å². The standard InChI is InChI=1S/C19H18N2O3/c1-13(2)21-18(22)16-11-7-6-10-15(16)17(20-21)19(23)24-12-14-8-4-3-5-9-14/h3-11,13H,12H2,1-2H3. The summed E-state index contributed by atoms with van der Waals surface area (Å²) in [6.07, 6.45) is 0. The van der Waals surface area contributed by atoms with E-state index in [0.717, 1.165) is 5.56 Å². The number of esters is 1. The van der Waals surface area contributed by atoms with Crippen molar-refractivity contribution in [1.29, 1.82) is 0 Å². The molecule has 3 aromatic rings. The Bertz CT molecular complexity index is 930. The molecule has 122 valence electrons. The second kappa shape index (κ2) is 6.66. The molecule has 0 aliphatic carbocycles. The van der Waals surface area contributed by atoms with Gasteiger partial charge in [-0.15, -0.1) is 0 Å². The summed E-state index contributed by atoms with van der Waals surface area (Å²) in [7, 11) is 0. The Morgan fingerprint density at radius 2 is 1.67 bits per heavy atom. The first-order valence-corrected chi connectivity index (χ1v) is 7.80. The Balaban J connectivity index is 2.00. The topological polar surface area (TPSA) is 61.2 Å². The minimum Gasteiger partial charge on any atom is -0.456 e. The van der Waals surface area contributed by atoms with Gasteiger partial charge in [-0.05, 0) is 25.5 Å². The maximum absolute atomic E-state index is 12.5. The highest BCUT2D eigenvalue weighted by atomic mass is 16.5. The van der Waals surface area contributed by atoms with Crippen LogP contribution in [0.2, 0.25) is 0 Å². The molecular weight excluding hydrogens is 304 g/mol. The molecule has 5 heteroatoms. The van der Waals surface area contributed by atoms with Gasteiger partial charge in [0.2, 0.25) is 0 Å². The van der Waals surface area contributed by atoms with E-state index in [9.17, 15) is 9.59 Å². The molecule has 0 unspecified atom stereocenters. The summed E-state index contributed by atoms with van der Waals surface area (Å²) >= 11 is 0. The van der Waals surface area contributed by atoms with Crippen molar-refractivity contribution >= 4 is 16.7 Å². The summed E-state index contributed by atoms with van der Waals surface area (Å²) in [5, 5.41) is 5.22. The van der Waals surface area contributed by atoms with Gasteiger partial charge in [0.1, 0.15) is 6.61 Å². The number of benzene rings is 2. The lowest BCUT2D eigenvalue weighted by atomic mass is 10.1. The van der Waals surface area contributed by atoms with Gasteiger partial charge >= 0.3 is 5.97 Å². The average Bonchev–Trinajstić information content (AvgIpc) is 2.61. The summed E-state index contributed by atoms with van der Waals surface area (Å²) in [5.74, 6) is -0.538. The van der Waals surface area contributed by atoms with E-state index in [-0.39, 0.29) is 23.9 Å². The van der Waals surface area contributed by atoms with Crippen LogP contribution in [0.15, 0.2) is 59.4 Å². The fourth-order valence-electron chi connectivity index (χ4n) is 2.50. The molecule has 0 saturated carbocycles. The Morgan fingerprint density at radius 3 is 2.33 bits per heavy atom. The fourth-order valence-corrected chi connectivity index (χ4v) is 2.50. The van der Waals surface area contributed by atoms with Crippen molar-refractivity contribution in [3.63, 3.8) is 0 Å². The third-order valence-corrected chi connectivity index (χ3v) is 3.72. The van der Waals surface area contributed by atoms with Gasteiger partial charge in [0, 0.05) is 5.39 Å². The second-order valence-electron chi connectivity index (χ2n) is 5.80. The molecule has 0 saturated heterocycles. The molecule has 0 atom stereocenters. The van der Waals surface area contributed by atoms with Crippen LogP contribution in [0.3, 0.4) is 0 Å². The maximum Gasteiger partial charge on any atom is 0.359 e. The van der Waals surface area contributed by atoms with Crippen LogP contribution in [-0.2, 0) is 11.3 Å². The first-order chi connectivity index (χ1) is 11.6. The van der Waals surface area contributed by atoms with Gasteiger partial charge in [-0.1, -0.05) is 48.5 Å². The molecule has 2 aromatic carbocycles. The average molecular weight is 322 g/mol. The highest BCUT2D eigenvalue weighted by Gasteiger charge is 2.18. The molecule has 0 bridgehead atoms. The van der Waals surface area contributed by atoms with E-state index in [0.29, 0.717) is 10.8 Å². The van der Waals surface area contributed by atoms with Gasteiger partial charge < -0.3 is 4.74 Å². The van der Waals surface area contributed by atoms with E-state index in [1.54, 1.807) is 24.3 Å². The Labute approximate surface area is 139 Å². The largest absolute Gasteiger partial charge is 0.456 e. The van der Waals surface area contributed by atoms with Crippen LogP contribution >= 0.6 is 0 Å². The van der Waals surface area contributed by atoms with Crippen molar-refractivity contribution in [3.8, 4) is 0 Å². The lowest BCUT2D eigenvalue weighted by Gasteiger charge is -2.13. The van der Waals surface area contributed by atoms with Gasteiger partial charge in [0.15, 0.2) is 5.69 Å². The molecule has 0 N–H and O–H groups in total. The number of fused-ring (bicyclic) bond motifs is 1.